The molecule has 0 atom stereocenters. The van der Waals surface area contributed by atoms with Crippen molar-refractivity contribution in [1.29, 1.82) is 0 Å². The van der Waals surface area contributed by atoms with Crippen molar-refractivity contribution in [2.75, 3.05) is 18.1 Å². The van der Waals surface area contributed by atoms with Crippen LogP contribution in [0.3, 0.4) is 0 Å². The maximum atomic E-state index is 11.2. The molecule has 0 aromatic heterocycles. The molecule has 4 N–H and O–H groups in total. The Morgan fingerprint density at radius 3 is 2.04 bits per heavy atom. The summed E-state index contributed by atoms with van der Waals surface area (Å²) in [7, 11) is -3.51. The van der Waals surface area contributed by atoms with E-state index in [2.05, 4.69) is 4.18 Å². The van der Waals surface area contributed by atoms with Crippen molar-refractivity contribution in [3.63, 3.8) is 0 Å². The largest absolute Gasteiger partial charge is 0.399 e. The van der Waals surface area contributed by atoms with Gasteiger partial charge >= 0.3 is 0 Å². The van der Waals surface area contributed by atoms with E-state index in [1.165, 1.54) is 12.1 Å². The summed E-state index contributed by atoms with van der Waals surface area (Å²) in [5.74, 6) is 0. The first-order valence-electron chi connectivity index (χ1n) is 8.75. The van der Waals surface area contributed by atoms with Crippen molar-refractivity contribution in [1.82, 2.24) is 0 Å². The zero-order valence-corrected chi connectivity index (χ0v) is 16.5. The van der Waals surface area contributed by atoms with Gasteiger partial charge in [0.2, 0.25) is 0 Å². The number of nitrogen functional groups attached to an aromatic ring is 2. The first-order valence-corrected chi connectivity index (χ1v) is 10.2. The molecular formula is C22H24N2O3S. The van der Waals surface area contributed by atoms with Gasteiger partial charge in [-0.3, -0.25) is 4.18 Å². The monoisotopic (exact) mass is 396 g/mol. The third-order valence-corrected chi connectivity index (χ3v) is 5.07. The van der Waals surface area contributed by atoms with Crippen molar-refractivity contribution in [3.8, 4) is 0 Å². The second kappa shape index (κ2) is 10.3. The summed E-state index contributed by atoms with van der Waals surface area (Å²) in [5.41, 5.74) is 15.0. The molecule has 0 unspecified atom stereocenters. The molecule has 0 amide bonds. The van der Waals surface area contributed by atoms with Gasteiger partial charge < -0.3 is 11.5 Å². The molecule has 0 aliphatic carbocycles. The van der Waals surface area contributed by atoms with Crippen LogP contribution < -0.4 is 11.5 Å². The predicted octanol–water partition coefficient (Wildman–Crippen LogP) is 4.43. The topological polar surface area (TPSA) is 95.4 Å². The van der Waals surface area contributed by atoms with Gasteiger partial charge in [-0.25, -0.2) is 0 Å². The normalized spacial score (nSPS) is 11.0. The lowest BCUT2D eigenvalue weighted by atomic mass is 10.1. The van der Waals surface area contributed by atoms with Crippen molar-refractivity contribution < 1.29 is 12.6 Å². The molecule has 0 saturated heterocycles. The number of hydrogen-bond acceptors (Lipinski definition) is 5. The van der Waals surface area contributed by atoms with Gasteiger partial charge in [0.05, 0.1) is 11.5 Å². The standard InChI is InChI=1S/C14H14N2.C8H10O3S/c15-13-9-8-12(14(16)10-13)7-6-11-4-2-1-3-5-11;1-2-11-12(9,10)8-6-4-3-5-7-8/h1-10H,15-16H2;3-7H,2H2,1H3. The molecule has 3 rings (SSSR count). The van der Waals surface area contributed by atoms with Gasteiger partial charge in [-0.1, -0.05) is 66.7 Å². The molecule has 28 heavy (non-hydrogen) atoms. The first kappa shape index (κ1) is 21.2. The van der Waals surface area contributed by atoms with Crippen LogP contribution >= 0.6 is 0 Å². The van der Waals surface area contributed by atoms with Crippen molar-refractivity contribution in [2.24, 2.45) is 0 Å². The Morgan fingerprint density at radius 1 is 0.857 bits per heavy atom. The van der Waals surface area contributed by atoms with E-state index in [0.29, 0.717) is 11.4 Å². The average molecular weight is 397 g/mol. The van der Waals surface area contributed by atoms with E-state index in [1.54, 1.807) is 31.2 Å². The van der Waals surface area contributed by atoms with Crippen molar-refractivity contribution in [3.05, 3.63) is 90.0 Å². The van der Waals surface area contributed by atoms with E-state index in [-0.39, 0.29) is 11.5 Å². The van der Waals surface area contributed by atoms with Crippen LogP contribution in [0.5, 0.6) is 0 Å². The van der Waals surface area contributed by atoms with Crippen LogP contribution in [-0.2, 0) is 14.3 Å². The minimum atomic E-state index is -3.51. The fourth-order valence-corrected chi connectivity index (χ4v) is 3.24. The van der Waals surface area contributed by atoms with Crippen LogP contribution in [-0.4, -0.2) is 15.0 Å². The van der Waals surface area contributed by atoms with Gasteiger partial charge in [-0.2, -0.15) is 8.42 Å². The van der Waals surface area contributed by atoms with Gasteiger partial charge in [0.25, 0.3) is 10.1 Å². The van der Waals surface area contributed by atoms with Gasteiger partial charge in [0.15, 0.2) is 0 Å². The highest BCUT2D eigenvalue weighted by Crippen LogP contribution is 2.18. The second-order valence-electron chi connectivity index (χ2n) is 5.81. The molecular weight excluding hydrogens is 372 g/mol. The summed E-state index contributed by atoms with van der Waals surface area (Å²) in [6.45, 7) is 1.80. The van der Waals surface area contributed by atoms with E-state index < -0.39 is 10.1 Å². The van der Waals surface area contributed by atoms with Crippen LogP contribution in [0.25, 0.3) is 12.2 Å². The van der Waals surface area contributed by atoms with E-state index in [0.717, 1.165) is 11.1 Å². The number of rotatable bonds is 5. The van der Waals surface area contributed by atoms with Crippen LogP contribution in [0.2, 0.25) is 0 Å². The van der Waals surface area contributed by atoms with Crippen molar-refractivity contribution in [2.45, 2.75) is 11.8 Å². The summed E-state index contributed by atoms with van der Waals surface area (Å²) < 4.78 is 27.0. The Hall–Kier alpha value is -3.09. The van der Waals surface area contributed by atoms with Gasteiger partial charge in [-0.05, 0) is 42.3 Å². The average Bonchev–Trinajstić information content (AvgIpc) is 2.69. The molecule has 146 valence electrons. The minimum Gasteiger partial charge on any atom is -0.399 e. The molecule has 0 fully saturated rings. The van der Waals surface area contributed by atoms with Crippen LogP contribution in [0.4, 0.5) is 11.4 Å². The molecule has 0 saturated carbocycles. The second-order valence-corrected chi connectivity index (χ2v) is 7.42. The van der Waals surface area contributed by atoms with E-state index >= 15 is 0 Å². The summed E-state index contributed by atoms with van der Waals surface area (Å²) in [4.78, 5) is 0.201. The van der Waals surface area contributed by atoms with Crippen molar-refractivity contribution >= 4 is 33.6 Å². The third-order valence-electron chi connectivity index (χ3n) is 3.67. The van der Waals surface area contributed by atoms with Gasteiger partial charge in [0.1, 0.15) is 0 Å². The fourth-order valence-electron chi connectivity index (χ4n) is 2.31. The van der Waals surface area contributed by atoms with E-state index in [9.17, 15) is 8.42 Å². The highest BCUT2D eigenvalue weighted by atomic mass is 32.2. The molecule has 0 radical (unpaired) electrons. The van der Waals surface area contributed by atoms with Crippen LogP contribution in [0, 0.1) is 0 Å². The minimum absolute atomic E-state index is 0.164. The molecule has 3 aromatic rings. The lowest BCUT2D eigenvalue weighted by molar-refractivity contribution is 0.338. The number of nitrogens with two attached hydrogens (primary N) is 2. The quantitative estimate of drug-likeness (QED) is 0.378. The highest BCUT2D eigenvalue weighted by molar-refractivity contribution is 7.86. The van der Waals surface area contributed by atoms with E-state index in [4.69, 9.17) is 11.5 Å². The lowest BCUT2D eigenvalue weighted by Gasteiger charge is -2.01. The molecule has 5 nitrogen and oxygen atoms in total. The molecule has 0 aliphatic rings. The number of hydrogen-bond donors (Lipinski definition) is 2. The van der Waals surface area contributed by atoms with E-state index in [1.807, 2.05) is 54.6 Å². The Kier molecular flexibility index (Phi) is 7.80. The van der Waals surface area contributed by atoms with Crippen LogP contribution in [0.1, 0.15) is 18.1 Å². The Bertz CT molecular complexity index is 1000. The Morgan fingerprint density at radius 2 is 1.46 bits per heavy atom. The zero-order valence-electron chi connectivity index (χ0n) is 15.7. The number of benzene rings is 3. The molecule has 0 spiro atoms. The first-order chi connectivity index (χ1) is 13.4. The molecule has 0 bridgehead atoms. The zero-order chi connectivity index (χ0) is 20.4. The highest BCUT2D eigenvalue weighted by Gasteiger charge is 2.12. The Labute approximate surface area is 166 Å². The maximum Gasteiger partial charge on any atom is 0.296 e. The molecule has 3 aromatic carbocycles. The summed E-state index contributed by atoms with van der Waals surface area (Å²) in [5, 5.41) is 0. The SMILES string of the molecule is CCOS(=O)(=O)c1ccccc1.Nc1ccc(C=Cc2ccccc2)c(N)c1. The van der Waals surface area contributed by atoms with Gasteiger partial charge in [-0.15, -0.1) is 0 Å². The molecule has 0 heterocycles. The third kappa shape index (κ3) is 6.57. The van der Waals surface area contributed by atoms with Crippen LogP contribution in [0.15, 0.2) is 83.8 Å². The maximum absolute atomic E-state index is 11.2. The Balaban J connectivity index is 0.000000209. The smallest absolute Gasteiger partial charge is 0.296 e. The molecule has 6 heteroatoms. The molecule has 0 aliphatic heterocycles. The number of anilines is 2. The predicted molar refractivity (Wildman–Crippen MR) is 116 cm³/mol. The summed E-state index contributed by atoms with van der Waals surface area (Å²) >= 11 is 0. The summed E-state index contributed by atoms with van der Waals surface area (Å²) in [6, 6.07) is 23.7. The summed E-state index contributed by atoms with van der Waals surface area (Å²) in [6.07, 6.45) is 4.02. The van der Waals surface area contributed by atoms with Gasteiger partial charge in [0, 0.05) is 11.4 Å². The lowest BCUT2D eigenvalue weighted by Crippen LogP contribution is -2.05. The fraction of sp³-hybridized carbons (Fsp3) is 0.0909.